The highest BCUT2D eigenvalue weighted by atomic mass is 14.2. The minimum absolute atomic E-state index is 1.23. The Labute approximate surface area is 685 Å². The van der Waals surface area contributed by atoms with Gasteiger partial charge in [-0.25, -0.2) is 0 Å². The van der Waals surface area contributed by atoms with E-state index < -0.39 is 0 Å². The van der Waals surface area contributed by atoms with Gasteiger partial charge in [0, 0.05) is 0 Å². The molecular formula is C118H76. The Kier molecular flexibility index (Phi) is 17.4. The second kappa shape index (κ2) is 29.6. The molecule has 0 heterocycles. The molecule has 0 spiro atoms. The Morgan fingerprint density at radius 2 is 0.280 bits per heavy atom. The molecule has 0 heteroatoms. The van der Waals surface area contributed by atoms with E-state index in [1.165, 1.54) is 229 Å². The van der Waals surface area contributed by atoms with Crippen LogP contribution in [0.4, 0.5) is 0 Å². The highest BCUT2D eigenvalue weighted by molar-refractivity contribution is 6.23. The molecule has 0 N–H and O–H groups in total. The molecular weight excluding hydrogens is 1420 g/mol. The van der Waals surface area contributed by atoms with Gasteiger partial charge in [-0.15, -0.1) is 0 Å². The fourth-order valence-electron chi connectivity index (χ4n) is 18.9. The van der Waals surface area contributed by atoms with Crippen LogP contribution < -0.4 is 0 Å². The first kappa shape index (κ1) is 69.4. The maximum absolute atomic E-state index is 2.37. The van der Waals surface area contributed by atoms with Crippen molar-refractivity contribution in [3.63, 3.8) is 0 Å². The first-order chi connectivity index (χ1) is 58.5. The molecule has 0 radical (unpaired) electrons. The van der Waals surface area contributed by atoms with Gasteiger partial charge < -0.3 is 0 Å². The third kappa shape index (κ3) is 12.3. The Morgan fingerprint density at radius 1 is 0.0763 bits per heavy atom. The van der Waals surface area contributed by atoms with Crippen LogP contribution in [0.5, 0.6) is 0 Å². The average molecular weight is 1490 g/mol. The summed E-state index contributed by atoms with van der Waals surface area (Å²) in [5, 5.41) is 33.4. The van der Waals surface area contributed by atoms with Gasteiger partial charge in [0.1, 0.15) is 0 Å². The number of benzene rings is 24. The lowest BCUT2D eigenvalue weighted by Gasteiger charge is -2.17. The van der Waals surface area contributed by atoms with Crippen molar-refractivity contribution in [1.82, 2.24) is 0 Å². The van der Waals surface area contributed by atoms with E-state index >= 15 is 0 Å². The van der Waals surface area contributed by atoms with Gasteiger partial charge in [0.2, 0.25) is 0 Å². The minimum Gasteiger partial charge on any atom is -0.0616 e. The minimum atomic E-state index is 1.23. The molecule has 0 unspecified atom stereocenters. The molecule has 0 atom stereocenters. The number of rotatable bonds is 8. The van der Waals surface area contributed by atoms with Gasteiger partial charge in [-0.1, -0.05) is 425 Å². The van der Waals surface area contributed by atoms with Crippen molar-refractivity contribution < 1.29 is 0 Å². The van der Waals surface area contributed by atoms with Crippen LogP contribution in [0.1, 0.15) is 0 Å². The van der Waals surface area contributed by atoms with Crippen LogP contribution in [-0.4, -0.2) is 0 Å². The summed E-state index contributed by atoms with van der Waals surface area (Å²) in [7, 11) is 0. The van der Waals surface area contributed by atoms with Gasteiger partial charge in [-0.05, 0) is 265 Å². The molecule has 548 valence electrons. The largest absolute Gasteiger partial charge is 0.0616 e. The van der Waals surface area contributed by atoms with E-state index in [9.17, 15) is 0 Å². The summed E-state index contributed by atoms with van der Waals surface area (Å²) in [6, 6.07) is 168. The molecule has 0 aromatic heterocycles. The van der Waals surface area contributed by atoms with Crippen molar-refractivity contribution in [2.24, 2.45) is 0 Å². The molecule has 0 aliphatic rings. The topological polar surface area (TPSA) is 0 Å². The van der Waals surface area contributed by atoms with Gasteiger partial charge in [0.05, 0.1) is 0 Å². The van der Waals surface area contributed by atoms with Crippen molar-refractivity contribution in [3.8, 4) is 89.0 Å². The Hall–Kier alpha value is -15.3. The molecule has 0 amide bonds. The molecule has 0 saturated carbocycles. The summed E-state index contributed by atoms with van der Waals surface area (Å²) in [5.41, 5.74) is 20.2. The normalized spacial score (nSPS) is 11.6. The maximum Gasteiger partial charge on any atom is -0.00928 e. The van der Waals surface area contributed by atoms with Crippen molar-refractivity contribution >= 4 is 140 Å². The summed E-state index contributed by atoms with van der Waals surface area (Å²) in [6.45, 7) is 0. The quantitative estimate of drug-likeness (QED) is 0.133. The van der Waals surface area contributed by atoms with Gasteiger partial charge in [0.25, 0.3) is 0 Å². The number of hydrogen-bond donors (Lipinski definition) is 0. The maximum atomic E-state index is 2.37. The molecule has 0 aliphatic heterocycles. The van der Waals surface area contributed by atoms with Crippen molar-refractivity contribution in [1.29, 1.82) is 0 Å². The van der Waals surface area contributed by atoms with Gasteiger partial charge in [-0.2, -0.15) is 0 Å². The van der Waals surface area contributed by atoms with Crippen LogP contribution in [0.3, 0.4) is 0 Å². The van der Waals surface area contributed by atoms with E-state index in [1.807, 2.05) is 0 Å². The van der Waals surface area contributed by atoms with Gasteiger partial charge >= 0.3 is 0 Å². The predicted molar refractivity (Wildman–Crippen MR) is 510 cm³/mol. The predicted octanol–water partition coefficient (Wildman–Crippen LogP) is 33.4. The van der Waals surface area contributed by atoms with Crippen LogP contribution in [0.15, 0.2) is 461 Å². The average Bonchev–Trinajstić information content (AvgIpc) is 0.737. The van der Waals surface area contributed by atoms with Crippen LogP contribution in [0.2, 0.25) is 0 Å². The Balaban J connectivity index is 0.000000107. The summed E-state index contributed by atoms with van der Waals surface area (Å²) in [5.74, 6) is 0. The van der Waals surface area contributed by atoms with Gasteiger partial charge in [0.15, 0.2) is 0 Å². The van der Waals surface area contributed by atoms with Crippen LogP contribution in [0.25, 0.3) is 229 Å². The van der Waals surface area contributed by atoms with E-state index in [4.69, 9.17) is 0 Å². The molecule has 0 saturated heterocycles. The standard InChI is InChI=1S/C42H28.2C38H24/c1-3-11-39-32(7-1)9-5-13-41(39)34-21-15-29(16-22-34)36-25-19-31-20-26-37(28-38(31)27-36)30-17-23-35(24-18-30)42-14-6-10-33-8-2-4-12-40(33)42;1-3-13-27-25(11-1)23-37(33-19-9-5-15-29(27)33)35-21-22-36(32-18-8-7-17-31(32)35)38-24-26-12-2-4-14-28(26)30-16-6-10-20-34(30)38;1-3-13-27-25(11-1)23-37(33-17-7-5-15-29(27)33)35-21-9-20-32-31(35)19-10-22-36(32)38-24-26-12-2-4-14-28(26)30-16-6-8-18-34(30)38/h1-28H;2*1-24H. The Bertz CT molecular complexity index is 7350. The van der Waals surface area contributed by atoms with E-state index in [-0.39, 0.29) is 0 Å². The third-order valence-electron chi connectivity index (χ3n) is 24.6. The summed E-state index contributed by atoms with van der Waals surface area (Å²) >= 11 is 0. The zero-order valence-electron chi connectivity index (χ0n) is 64.9. The van der Waals surface area contributed by atoms with Crippen molar-refractivity contribution in [3.05, 3.63) is 461 Å². The summed E-state index contributed by atoms with van der Waals surface area (Å²) < 4.78 is 0. The number of hydrogen-bond acceptors (Lipinski definition) is 0. The van der Waals surface area contributed by atoms with E-state index in [0.717, 1.165) is 0 Å². The molecule has 0 bridgehead atoms. The van der Waals surface area contributed by atoms with Crippen LogP contribution in [0, 0.1) is 0 Å². The molecule has 24 aromatic carbocycles. The molecule has 24 rings (SSSR count). The molecule has 118 heavy (non-hydrogen) atoms. The van der Waals surface area contributed by atoms with Crippen molar-refractivity contribution in [2.45, 2.75) is 0 Å². The Morgan fingerprint density at radius 3 is 0.593 bits per heavy atom. The lowest BCUT2D eigenvalue weighted by molar-refractivity contribution is 1.61. The summed E-state index contributed by atoms with van der Waals surface area (Å²) in [4.78, 5) is 0. The fourth-order valence-corrected chi connectivity index (χ4v) is 18.9. The second-order valence-corrected chi connectivity index (χ2v) is 31.2. The first-order valence-corrected chi connectivity index (χ1v) is 40.9. The lowest BCUT2D eigenvalue weighted by atomic mass is 9.86. The second-order valence-electron chi connectivity index (χ2n) is 31.2. The molecule has 0 aliphatic carbocycles. The fraction of sp³-hybridized carbons (Fsp3) is 0. The van der Waals surface area contributed by atoms with E-state index in [1.54, 1.807) is 0 Å². The molecule has 0 fully saturated rings. The zero-order valence-corrected chi connectivity index (χ0v) is 64.9. The molecule has 24 aromatic rings. The SMILES string of the molecule is c1ccc2c(-c3ccc(-c4ccc5ccc(-c6ccc(-c7cccc8ccccc78)cc6)cc5c4)cc3)cccc2c1.c1ccc2c(c1)cc(-c1ccc(-c3cc4ccccc4c4ccccc34)c3ccccc13)c1ccccc12.c1ccc2c(c1)cc(-c1cccc3c(-c4cc5ccccc5c5ccccc45)cccc13)c1ccccc12. The zero-order chi connectivity index (χ0) is 78.0. The highest BCUT2D eigenvalue weighted by Gasteiger charge is 2.20. The first-order valence-electron chi connectivity index (χ1n) is 40.9. The van der Waals surface area contributed by atoms with Crippen LogP contribution >= 0.6 is 0 Å². The lowest BCUT2D eigenvalue weighted by Crippen LogP contribution is -1.90. The monoisotopic (exact) mass is 1490 g/mol. The summed E-state index contributed by atoms with van der Waals surface area (Å²) in [6.07, 6.45) is 0. The van der Waals surface area contributed by atoms with E-state index in [2.05, 4.69) is 461 Å². The van der Waals surface area contributed by atoms with Crippen LogP contribution in [-0.2, 0) is 0 Å². The van der Waals surface area contributed by atoms with E-state index in [0.29, 0.717) is 0 Å². The smallest absolute Gasteiger partial charge is 0.00928 e. The number of fused-ring (bicyclic) bond motifs is 17. The van der Waals surface area contributed by atoms with Gasteiger partial charge in [-0.3, -0.25) is 0 Å². The van der Waals surface area contributed by atoms with Crippen molar-refractivity contribution in [2.75, 3.05) is 0 Å². The highest BCUT2D eigenvalue weighted by Crippen LogP contribution is 2.47. The third-order valence-corrected chi connectivity index (χ3v) is 24.6. The molecule has 0 nitrogen and oxygen atoms in total.